The summed E-state index contributed by atoms with van der Waals surface area (Å²) in [6, 6.07) is 0.718. The van der Waals surface area contributed by atoms with E-state index < -0.39 is 0 Å². The maximum Gasteiger partial charge on any atom is 0.239 e. The topological polar surface area (TPSA) is 35.6 Å². The summed E-state index contributed by atoms with van der Waals surface area (Å²) >= 11 is 0. The number of hydrogen-bond donors (Lipinski definition) is 1. The number of likely N-dealkylation sites (tertiary alicyclic amines) is 1. The molecule has 92 valence electrons. The second-order valence-corrected chi connectivity index (χ2v) is 4.95. The molecule has 0 aromatic rings. The molecule has 0 spiro atoms. The molecular weight excluding hydrogens is 202 g/mol. The predicted molar refractivity (Wildman–Crippen MR) is 64.3 cm³/mol. The van der Waals surface area contributed by atoms with Crippen molar-refractivity contribution in [2.45, 2.75) is 38.3 Å². The van der Waals surface area contributed by atoms with Gasteiger partial charge in [0.05, 0.1) is 6.04 Å². The van der Waals surface area contributed by atoms with Crippen molar-refractivity contribution in [1.82, 2.24) is 15.1 Å². The zero-order valence-corrected chi connectivity index (χ0v) is 10.4. The summed E-state index contributed by atoms with van der Waals surface area (Å²) in [7, 11) is 1.92. The number of amides is 1. The van der Waals surface area contributed by atoms with Gasteiger partial charge in [0.15, 0.2) is 0 Å². The van der Waals surface area contributed by atoms with Gasteiger partial charge >= 0.3 is 0 Å². The molecule has 2 atom stereocenters. The Morgan fingerprint density at radius 3 is 2.81 bits per heavy atom. The minimum Gasteiger partial charge on any atom is -0.344 e. The fourth-order valence-corrected chi connectivity index (χ4v) is 2.89. The lowest BCUT2D eigenvalue weighted by molar-refractivity contribution is -0.131. The van der Waals surface area contributed by atoms with E-state index in [9.17, 15) is 4.79 Å². The molecule has 16 heavy (non-hydrogen) atoms. The smallest absolute Gasteiger partial charge is 0.239 e. The van der Waals surface area contributed by atoms with Gasteiger partial charge in [-0.15, -0.1) is 0 Å². The zero-order chi connectivity index (χ0) is 11.5. The summed E-state index contributed by atoms with van der Waals surface area (Å²) in [5.41, 5.74) is 0. The van der Waals surface area contributed by atoms with Gasteiger partial charge in [0, 0.05) is 26.2 Å². The lowest BCUT2D eigenvalue weighted by Crippen LogP contribution is -2.48. The third kappa shape index (κ3) is 2.23. The van der Waals surface area contributed by atoms with Gasteiger partial charge in [-0.05, 0) is 32.4 Å². The molecule has 2 aliphatic rings. The molecule has 2 unspecified atom stereocenters. The van der Waals surface area contributed by atoms with Crippen LogP contribution in [0.1, 0.15) is 26.2 Å². The van der Waals surface area contributed by atoms with Crippen LogP contribution in [-0.4, -0.2) is 61.0 Å². The van der Waals surface area contributed by atoms with Crippen LogP contribution in [0.2, 0.25) is 0 Å². The molecule has 0 aromatic heterocycles. The zero-order valence-electron chi connectivity index (χ0n) is 10.4. The molecule has 2 rings (SSSR count). The van der Waals surface area contributed by atoms with Crippen LogP contribution in [0.3, 0.4) is 0 Å². The molecule has 0 saturated carbocycles. The molecule has 4 heteroatoms. The van der Waals surface area contributed by atoms with E-state index in [0.717, 1.165) is 39.0 Å². The lowest BCUT2D eigenvalue weighted by Gasteiger charge is -2.32. The van der Waals surface area contributed by atoms with E-state index >= 15 is 0 Å². The van der Waals surface area contributed by atoms with Gasteiger partial charge in [0.1, 0.15) is 0 Å². The van der Waals surface area contributed by atoms with E-state index in [1.165, 1.54) is 6.42 Å². The highest BCUT2D eigenvalue weighted by atomic mass is 16.2. The quantitative estimate of drug-likeness (QED) is 0.747. The average molecular weight is 225 g/mol. The van der Waals surface area contributed by atoms with Crippen LogP contribution in [-0.2, 0) is 4.79 Å². The average Bonchev–Trinajstić information content (AvgIpc) is 2.89. The third-order valence-electron chi connectivity index (χ3n) is 3.78. The van der Waals surface area contributed by atoms with Crippen molar-refractivity contribution >= 4 is 5.91 Å². The Bertz CT molecular complexity index is 251. The lowest BCUT2D eigenvalue weighted by atomic mass is 10.1. The largest absolute Gasteiger partial charge is 0.344 e. The molecule has 0 aliphatic carbocycles. The Hall–Kier alpha value is -0.610. The number of likely N-dealkylation sites (N-methyl/N-ethyl adjacent to an activating group) is 1. The van der Waals surface area contributed by atoms with Crippen LogP contribution >= 0.6 is 0 Å². The fourth-order valence-electron chi connectivity index (χ4n) is 2.89. The third-order valence-corrected chi connectivity index (χ3v) is 3.78. The first-order valence-corrected chi connectivity index (χ1v) is 6.45. The summed E-state index contributed by atoms with van der Waals surface area (Å²) in [5, 5.41) is 3.39. The van der Waals surface area contributed by atoms with E-state index in [1.54, 1.807) is 0 Å². The number of carbonyl (C=O) groups excluding carboxylic acids is 1. The summed E-state index contributed by atoms with van der Waals surface area (Å²) in [6.07, 6.45) is 3.32. The Morgan fingerprint density at radius 1 is 1.50 bits per heavy atom. The Morgan fingerprint density at radius 2 is 2.31 bits per heavy atom. The van der Waals surface area contributed by atoms with Crippen LogP contribution in [0.15, 0.2) is 0 Å². The Kier molecular flexibility index (Phi) is 3.82. The van der Waals surface area contributed by atoms with E-state index in [1.807, 2.05) is 11.9 Å². The molecule has 1 amide bonds. The summed E-state index contributed by atoms with van der Waals surface area (Å²) < 4.78 is 0. The van der Waals surface area contributed by atoms with Crippen LogP contribution in [0.25, 0.3) is 0 Å². The van der Waals surface area contributed by atoms with Crippen LogP contribution in [0.4, 0.5) is 0 Å². The van der Waals surface area contributed by atoms with Crippen molar-refractivity contribution < 1.29 is 4.79 Å². The number of nitrogens with zero attached hydrogens (tertiary/aromatic N) is 2. The molecule has 0 radical (unpaired) electrons. The first kappa shape index (κ1) is 11.9. The molecule has 2 aliphatic heterocycles. The van der Waals surface area contributed by atoms with Crippen LogP contribution < -0.4 is 5.32 Å². The molecule has 2 saturated heterocycles. The molecule has 2 fully saturated rings. The van der Waals surface area contributed by atoms with Gasteiger partial charge in [0.2, 0.25) is 5.91 Å². The second kappa shape index (κ2) is 5.15. The van der Waals surface area contributed by atoms with Gasteiger partial charge < -0.3 is 10.2 Å². The van der Waals surface area contributed by atoms with Crippen molar-refractivity contribution in [2.24, 2.45) is 0 Å². The second-order valence-electron chi connectivity index (χ2n) is 4.95. The monoisotopic (exact) mass is 225 g/mol. The highest BCUT2D eigenvalue weighted by Gasteiger charge is 2.37. The fraction of sp³-hybridized carbons (Fsp3) is 0.917. The first-order valence-electron chi connectivity index (χ1n) is 6.45. The SMILES string of the molecule is CCCN(C1CCNC1)C1CCN(C)C1=O. The van der Waals surface area contributed by atoms with Crippen LogP contribution in [0, 0.1) is 0 Å². The summed E-state index contributed by atoms with van der Waals surface area (Å²) in [4.78, 5) is 16.3. The van der Waals surface area contributed by atoms with Gasteiger partial charge in [-0.3, -0.25) is 9.69 Å². The van der Waals surface area contributed by atoms with Gasteiger partial charge in [0.25, 0.3) is 0 Å². The van der Waals surface area contributed by atoms with E-state index in [-0.39, 0.29) is 6.04 Å². The van der Waals surface area contributed by atoms with Crippen LogP contribution in [0.5, 0.6) is 0 Å². The molecule has 4 nitrogen and oxygen atoms in total. The van der Waals surface area contributed by atoms with E-state index in [4.69, 9.17) is 0 Å². The maximum atomic E-state index is 12.0. The Labute approximate surface area is 98.0 Å². The van der Waals surface area contributed by atoms with Crippen molar-refractivity contribution in [2.75, 3.05) is 33.2 Å². The Balaban J connectivity index is 2.03. The van der Waals surface area contributed by atoms with E-state index in [0.29, 0.717) is 11.9 Å². The number of hydrogen-bond acceptors (Lipinski definition) is 3. The minimum absolute atomic E-state index is 0.148. The van der Waals surface area contributed by atoms with Gasteiger partial charge in [-0.2, -0.15) is 0 Å². The van der Waals surface area contributed by atoms with Gasteiger partial charge in [-0.25, -0.2) is 0 Å². The minimum atomic E-state index is 0.148. The highest BCUT2D eigenvalue weighted by Crippen LogP contribution is 2.21. The molecule has 0 bridgehead atoms. The molecule has 2 heterocycles. The van der Waals surface area contributed by atoms with Crippen molar-refractivity contribution in [3.63, 3.8) is 0 Å². The molecule has 0 aromatic carbocycles. The molecular formula is C12H23N3O. The number of rotatable bonds is 4. The maximum absolute atomic E-state index is 12.0. The summed E-state index contributed by atoms with van der Waals surface area (Å²) in [5.74, 6) is 0.320. The first-order chi connectivity index (χ1) is 7.74. The van der Waals surface area contributed by atoms with Gasteiger partial charge in [-0.1, -0.05) is 6.92 Å². The summed E-state index contributed by atoms with van der Waals surface area (Å²) in [6.45, 7) is 6.31. The highest BCUT2D eigenvalue weighted by molar-refractivity contribution is 5.83. The van der Waals surface area contributed by atoms with Crippen molar-refractivity contribution in [1.29, 1.82) is 0 Å². The standard InChI is InChI=1S/C12H23N3O/c1-3-7-15(10-4-6-13-9-10)11-5-8-14(2)12(11)16/h10-11,13H,3-9H2,1-2H3. The normalized spacial score (nSPS) is 30.7. The van der Waals surface area contributed by atoms with E-state index in [2.05, 4.69) is 17.1 Å². The number of carbonyl (C=O) groups is 1. The van der Waals surface area contributed by atoms with Crippen molar-refractivity contribution in [3.8, 4) is 0 Å². The number of nitrogens with one attached hydrogen (secondary N) is 1. The predicted octanol–water partition coefficient (Wildman–Crippen LogP) is 0.291. The molecule has 1 N–H and O–H groups in total. The van der Waals surface area contributed by atoms with Crippen molar-refractivity contribution in [3.05, 3.63) is 0 Å².